The second-order valence-corrected chi connectivity index (χ2v) is 6.36. The normalized spacial score (nSPS) is 16.9. The Morgan fingerprint density at radius 1 is 1.50 bits per heavy atom. The predicted octanol–water partition coefficient (Wildman–Crippen LogP) is 0.783. The summed E-state index contributed by atoms with van der Waals surface area (Å²) in [4.78, 5) is 8.98. The highest BCUT2D eigenvalue weighted by molar-refractivity contribution is 7.89. The van der Waals surface area contributed by atoms with Crippen molar-refractivity contribution >= 4 is 15.7 Å². The number of nitro groups is 1. The van der Waals surface area contributed by atoms with Gasteiger partial charge in [0.05, 0.1) is 11.0 Å². The number of aliphatic hydroxyl groups is 1. The SMILES string of the molecule is O=[N+]([O-])c1ccc(F)c(S(=O)(=O)NCC(O)C2CC2)c1. The summed E-state index contributed by atoms with van der Waals surface area (Å²) in [5.74, 6) is -1.02. The van der Waals surface area contributed by atoms with Crippen LogP contribution >= 0.6 is 0 Å². The number of nitro benzene ring substituents is 1. The Hall–Kier alpha value is -1.58. The van der Waals surface area contributed by atoms with E-state index in [1.165, 1.54) is 0 Å². The van der Waals surface area contributed by atoms with Gasteiger partial charge in [0.1, 0.15) is 10.7 Å². The van der Waals surface area contributed by atoms with Crippen molar-refractivity contribution in [1.82, 2.24) is 4.72 Å². The first kappa shape index (κ1) is 14.8. The molecule has 1 aliphatic carbocycles. The van der Waals surface area contributed by atoms with Crippen molar-refractivity contribution in [3.63, 3.8) is 0 Å². The molecular weight excluding hydrogens is 291 g/mol. The molecule has 0 aliphatic heterocycles. The molecule has 0 heterocycles. The zero-order chi connectivity index (χ0) is 14.9. The number of nitrogens with one attached hydrogen (secondary N) is 1. The molecule has 2 N–H and O–H groups in total. The lowest BCUT2D eigenvalue weighted by atomic mass is 10.2. The Balaban J connectivity index is 2.19. The maximum Gasteiger partial charge on any atom is 0.270 e. The smallest absolute Gasteiger partial charge is 0.270 e. The lowest BCUT2D eigenvalue weighted by Gasteiger charge is -2.11. The Bertz CT molecular complexity index is 630. The van der Waals surface area contributed by atoms with Gasteiger partial charge in [0.2, 0.25) is 10.0 Å². The predicted molar refractivity (Wildman–Crippen MR) is 67.0 cm³/mol. The van der Waals surface area contributed by atoms with Gasteiger partial charge in [-0.15, -0.1) is 0 Å². The van der Waals surface area contributed by atoms with Crippen molar-refractivity contribution in [3.05, 3.63) is 34.1 Å². The third-order valence-electron chi connectivity index (χ3n) is 3.06. The molecule has 1 aromatic rings. The number of aliphatic hydroxyl groups excluding tert-OH is 1. The first-order valence-electron chi connectivity index (χ1n) is 5.93. The van der Waals surface area contributed by atoms with Crippen molar-refractivity contribution in [2.45, 2.75) is 23.8 Å². The average molecular weight is 304 g/mol. The highest BCUT2D eigenvalue weighted by Gasteiger charge is 2.31. The molecule has 7 nitrogen and oxygen atoms in total. The van der Waals surface area contributed by atoms with E-state index in [2.05, 4.69) is 4.72 Å². The van der Waals surface area contributed by atoms with Gasteiger partial charge in [-0.1, -0.05) is 0 Å². The van der Waals surface area contributed by atoms with E-state index in [0.717, 1.165) is 25.0 Å². The van der Waals surface area contributed by atoms with E-state index in [1.807, 2.05) is 0 Å². The fourth-order valence-corrected chi connectivity index (χ4v) is 2.88. The lowest BCUT2D eigenvalue weighted by molar-refractivity contribution is -0.385. The molecule has 1 saturated carbocycles. The topological polar surface area (TPSA) is 110 Å². The fraction of sp³-hybridized carbons (Fsp3) is 0.455. The molecular formula is C11H13FN2O5S. The maximum absolute atomic E-state index is 13.5. The quantitative estimate of drug-likeness (QED) is 0.596. The van der Waals surface area contributed by atoms with Crippen LogP contribution in [0.15, 0.2) is 23.1 Å². The van der Waals surface area contributed by atoms with E-state index in [-0.39, 0.29) is 12.5 Å². The number of hydrogen-bond donors (Lipinski definition) is 2. The summed E-state index contributed by atoms with van der Waals surface area (Å²) < 4.78 is 39.4. The summed E-state index contributed by atoms with van der Waals surface area (Å²) in [6.45, 7) is -0.241. The molecule has 1 atom stereocenters. The molecule has 9 heteroatoms. The van der Waals surface area contributed by atoms with Crippen LogP contribution in [-0.2, 0) is 10.0 Å². The summed E-state index contributed by atoms with van der Waals surface area (Å²) in [6.07, 6.45) is 0.828. The molecule has 1 unspecified atom stereocenters. The number of nitrogens with zero attached hydrogens (tertiary/aromatic N) is 1. The van der Waals surface area contributed by atoms with E-state index in [1.54, 1.807) is 0 Å². The molecule has 0 amide bonds. The second kappa shape index (κ2) is 5.43. The molecule has 110 valence electrons. The lowest BCUT2D eigenvalue weighted by Crippen LogP contribution is -2.33. The number of halogens is 1. The Morgan fingerprint density at radius 3 is 2.70 bits per heavy atom. The first-order chi connectivity index (χ1) is 9.31. The highest BCUT2D eigenvalue weighted by Crippen LogP contribution is 2.32. The average Bonchev–Trinajstić information content (AvgIpc) is 3.20. The molecule has 2 rings (SSSR count). The molecule has 0 radical (unpaired) electrons. The van der Waals surface area contributed by atoms with Crippen LogP contribution in [0.25, 0.3) is 0 Å². The largest absolute Gasteiger partial charge is 0.391 e. The number of non-ortho nitro benzene ring substituents is 1. The second-order valence-electron chi connectivity index (χ2n) is 4.63. The molecule has 0 bridgehead atoms. The number of rotatable bonds is 6. The number of hydrogen-bond acceptors (Lipinski definition) is 5. The van der Waals surface area contributed by atoms with Gasteiger partial charge >= 0.3 is 0 Å². The van der Waals surface area contributed by atoms with Crippen molar-refractivity contribution in [2.24, 2.45) is 5.92 Å². The van der Waals surface area contributed by atoms with E-state index >= 15 is 0 Å². The van der Waals surface area contributed by atoms with Gasteiger partial charge in [-0.2, -0.15) is 0 Å². The maximum atomic E-state index is 13.5. The van der Waals surface area contributed by atoms with Gasteiger partial charge in [-0.25, -0.2) is 17.5 Å². The first-order valence-corrected chi connectivity index (χ1v) is 7.41. The standard InChI is InChI=1S/C11H13FN2O5S/c12-9-4-3-8(14(16)17)5-11(9)20(18,19)13-6-10(15)7-1-2-7/h3-5,7,10,13,15H,1-2,6H2. The minimum absolute atomic E-state index is 0.0626. The van der Waals surface area contributed by atoms with Gasteiger partial charge in [0.15, 0.2) is 0 Å². The van der Waals surface area contributed by atoms with Crippen LogP contribution in [0.1, 0.15) is 12.8 Å². The van der Waals surface area contributed by atoms with E-state index in [4.69, 9.17) is 0 Å². The van der Waals surface area contributed by atoms with Gasteiger partial charge in [0.25, 0.3) is 5.69 Å². The van der Waals surface area contributed by atoms with Crippen LogP contribution < -0.4 is 4.72 Å². The minimum atomic E-state index is -4.24. The van der Waals surface area contributed by atoms with Crippen LogP contribution in [0.4, 0.5) is 10.1 Å². The number of sulfonamides is 1. The Morgan fingerprint density at radius 2 is 2.15 bits per heavy atom. The zero-order valence-electron chi connectivity index (χ0n) is 10.3. The van der Waals surface area contributed by atoms with Crippen LogP contribution in [0.3, 0.4) is 0 Å². The summed E-state index contributed by atoms with van der Waals surface area (Å²) in [7, 11) is -4.24. The third-order valence-corrected chi connectivity index (χ3v) is 4.50. The molecule has 1 aliphatic rings. The fourth-order valence-electron chi connectivity index (χ4n) is 1.73. The molecule has 1 fully saturated rings. The summed E-state index contributed by atoms with van der Waals surface area (Å²) >= 11 is 0. The van der Waals surface area contributed by atoms with Gasteiger partial charge in [-0.05, 0) is 24.8 Å². The molecule has 0 aromatic heterocycles. The van der Waals surface area contributed by atoms with Crippen molar-refractivity contribution < 1.29 is 22.8 Å². The third kappa shape index (κ3) is 3.30. The summed E-state index contributed by atoms with van der Waals surface area (Å²) in [5, 5.41) is 20.2. The van der Waals surface area contributed by atoms with E-state index < -0.39 is 37.5 Å². The van der Waals surface area contributed by atoms with Crippen LogP contribution in [0, 0.1) is 21.8 Å². The Labute approximate surface area is 114 Å². The molecule has 20 heavy (non-hydrogen) atoms. The van der Waals surface area contributed by atoms with Gasteiger partial charge in [-0.3, -0.25) is 10.1 Å². The highest BCUT2D eigenvalue weighted by atomic mass is 32.2. The van der Waals surface area contributed by atoms with Crippen molar-refractivity contribution in [3.8, 4) is 0 Å². The summed E-state index contributed by atoms with van der Waals surface area (Å²) in [6, 6.07) is 2.26. The molecule has 1 aromatic carbocycles. The van der Waals surface area contributed by atoms with Gasteiger partial charge < -0.3 is 5.11 Å². The van der Waals surface area contributed by atoms with Crippen molar-refractivity contribution in [1.29, 1.82) is 0 Å². The Kier molecular flexibility index (Phi) is 4.02. The van der Waals surface area contributed by atoms with E-state index in [9.17, 15) is 28.0 Å². The monoisotopic (exact) mass is 304 g/mol. The minimum Gasteiger partial charge on any atom is -0.391 e. The molecule has 0 spiro atoms. The van der Waals surface area contributed by atoms with Crippen LogP contribution in [0.2, 0.25) is 0 Å². The van der Waals surface area contributed by atoms with Crippen LogP contribution in [0.5, 0.6) is 0 Å². The zero-order valence-corrected chi connectivity index (χ0v) is 11.1. The molecule has 0 saturated heterocycles. The van der Waals surface area contributed by atoms with Crippen molar-refractivity contribution in [2.75, 3.05) is 6.54 Å². The summed E-state index contributed by atoms with van der Waals surface area (Å²) in [5.41, 5.74) is -0.519. The van der Waals surface area contributed by atoms with Gasteiger partial charge in [0, 0.05) is 18.7 Å². The van der Waals surface area contributed by atoms with Crippen LogP contribution in [-0.4, -0.2) is 31.1 Å². The van der Waals surface area contributed by atoms with E-state index in [0.29, 0.717) is 6.07 Å². The number of benzene rings is 1.